The Balaban J connectivity index is 2.10. The van der Waals surface area contributed by atoms with Crippen molar-refractivity contribution in [2.75, 3.05) is 0 Å². The van der Waals surface area contributed by atoms with E-state index in [9.17, 15) is 8.42 Å². The zero-order chi connectivity index (χ0) is 13.2. The number of nitrogens with one attached hydrogen (secondary N) is 1. The predicted molar refractivity (Wildman–Crippen MR) is 69.4 cm³/mol. The fourth-order valence-electron chi connectivity index (χ4n) is 1.42. The molecule has 6 nitrogen and oxygen atoms in total. The summed E-state index contributed by atoms with van der Waals surface area (Å²) in [6.45, 7) is 0.513. The Bertz CT molecular complexity index is 630. The van der Waals surface area contributed by atoms with Crippen LogP contribution in [0.3, 0.4) is 0 Å². The predicted octanol–water partition coefficient (Wildman–Crippen LogP) is 0.419. The molecule has 18 heavy (non-hydrogen) atoms. The van der Waals surface area contributed by atoms with Gasteiger partial charge in [0.25, 0.3) is 0 Å². The maximum atomic E-state index is 12.0. The summed E-state index contributed by atoms with van der Waals surface area (Å²) < 4.78 is 28.2. The van der Waals surface area contributed by atoms with Gasteiger partial charge in [0, 0.05) is 36.2 Å². The molecule has 0 aliphatic heterocycles. The van der Waals surface area contributed by atoms with Crippen molar-refractivity contribution in [2.24, 2.45) is 12.8 Å². The van der Waals surface area contributed by atoms with Crippen LogP contribution in [0.5, 0.6) is 0 Å². The minimum atomic E-state index is -3.49. The Kier molecular flexibility index (Phi) is 3.81. The van der Waals surface area contributed by atoms with Gasteiger partial charge in [0.15, 0.2) is 0 Å². The molecule has 2 heterocycles. The second-order valence-corrected chi connectivity index (χ2v) is 6.49. The molecule has 2 aromatic rings. The second-order valence-electron chi connectivity index (χ2n) is 3.73. The number of aryl methyl sites for hydroxylation is 1. The van der Waals surface area contributed by atoms with Gasteiger partial charge in [-0.15, -0.1) is 11.3 Å². The van der Waals surface area contributed by atoms with E-state index >= 15 is 0 Å². The number of hydrogen-bond donors (Lipinski definition) is 2. The lowest BCUT2D eigenvalue weighted by atomic mass is 10.5. The normalized spacial score (nSPS) is 11.9. The van der Waals surface area contributed by atoms with Crippen molar-refractivity contribution in [3.8, 4) is 0 Å². The molecule has 0 amide bonds. The molecule has 0 radical (unpaired) electrons. The van der Waals surface area contributed by atoms with Gasteiger partial charge in [0.1, 0.15) is 5.82 Å². The van der Waals surface area contributed by atoms with Crippen LogP contribution in [0, 0.1) is 0 Å². The van der Waals surface area contributed by atoms with E-state index in [1.807, 2.05) is 7.05 Å². The number of thiophene rings is 1. The number of nitrogens with two attached hydrogens (primary N) is 1. The average molecular weight is 286 g/mol. The molecule has 8 heteroatoms. The maximum Gasteiger partial charge on any atom is 0.241 e. The highest BCUT2D eigenvalue weighted by molar-refractivity contribution is 7.89. The molecule has 2 aromatic heterocycles. The van der Waals surface area contributed by atoms with Gasteiger partial charge in [-0.2, -0.15) is 0 Å². The third kappa shape index (κ3) is 2.78. The van der Waals surface area contributed by atoms with Crippen molar-refractivity contribution < 1.29 is 8.42 Å². The van der Waals surface area contributed by atoms with Crippen molar-refractivity contribution in [3.05, 3.63) is 34.5 Å². The largest absolute Gasteiger partial charge is 0.337 e. The molecule has 0 aliphatic carbocycles. The molecule has 0 fully saturated rings. The lowest BCUT2D eigenvalue weighted by molar-refractivity contribution is 0.578. The first-order valence-electron chi connectivity index (χ1n) is 5.26. The van der Waals surface area contributed by atoms with Crippen LogP contribution < -0.4 is 10.5 Å². The third-order valence-corrected chi connectivity index (χ3v) is 4.97. The Morgan fingerprint density at radius 2 is 2.33 bits per heavy atom. The van der Waals surface area contributed by atoms with Crippen LogP contribution in [0.4, 0.5) is 0 Å². The fourth-order valence-corrected chi connectivity index (χ4v) is 3.55. The van der Waals surface area contributed by atoms with Crippen LogP contribution in [0.2, 0.25) is 0 Å². The average Bonchev–Trinajstić information content (AvgIpc) is 2.95. The number of rotatable bonds is 5. The highest BCUT2D eigenvalue weighted by Gasteiger charge is 2.16. The van der Waals surface area contributed by atoms with E-state index in [0.29, 0.717) is 12.4 Å². The first kappa shape index (κ1) is 13.2. The van der Waals surface area contributed by atoms with Gasteiger partial charge >= 0.3 is 0 Å². The minimum absolute atomic E-state index is 0.166. The van der Waals surface area contributed by atoms with Crippen molar-refractivity contribution in [1.82, 2.24) is 14.3 Å². The number of nitrogens with zero attached hydrogens (tertiary/aromatic N) is 2. The highest BCUT2D eigenvalue weighted by atomic mass is 32.2. The van der Waals surface area contributed by atoms with E-state index in [2.05, 4.69) is 9.71 Å². The number of aromatic nitrogens is 2. The lowest BCUT2D eigenvalue weighted by Crippen LogP contribution is -2.24. The van der Waals surface area contributed by atoms with E-state index < -0.39 is 10.0 Å². The Labute approximate surface area is 110 Å². The molecule has 0 atom stereocenters. The monoisotopic (exact) mass is 286 g/mol. The number of hydrogen-bond acceptors (Lipinski definition) is 5. The van der Waals surface area contributed by atoms with Crippen LogP contribution in [-0.2, 0) is 30.2 Å². The van der Waals surface area contributed by atoms with Gasteiger partial charge in [0.2, 0.25) is 10.0 Å². The van der Waals surface area contributed by atoms with Crippen molar-refractivity contribution in [2.45, 2.75) is 18.0 Å². The molecule has 0 spiro atoms. The zero-order valence-corrected chi connectivity index (χ0v) is 11.5. The summed E-state index contributed by atoms with van der Waals surface area (Å²) in [5.41, 5.74) is 5.46. The summed E-state index contributed by atoms with van der Waals surface area (Å²) in [5, 5.41) is 1.59. The molecule has 0 aliphatic rings. The van der Waals surface area contributed by atoms with E-state index in [4.69, 9.17) is 5.73 Å². The molecule has 0 aromatic carbocycles. The van der Waals surface area contributed by atoms with Gasteiger partial charge < -0.3 is 10.3 Å². The maximum absolute atomic E-state index is 12.0. The molecular weight excluding hydrogens is 272 g/mol. The molecule has 0 unspecified atom stereocenters. The molecular formula is C10H14N4O2S2. The van der Waals surface area contributed by atoms with Gasteiger partial charge in [0.05, 0.1) is 11.4 Å². The molecule has 0 saturated heterocycles. The third-order valence-electron chi connectivity index (χ3n) is 2.48. The minimum Gasteiger partial charge on any atom is -0.337 e. The summed E-state index contributed by atoms with van der Waals surface area (Å²) in [5.74, 6) is 0.660. The SMILES string of the molecule is Cn1ccnc1CNS(=O)(=O)c1csc(CN)c1. The van der Waals surface area contributed by atoms with Crippen molar-refractivity contribution in [1.29, 1.82) is 0 Å². The van der Waals surface area contributed by atoms with Crippen molar-refractivity contribution in [3.63, 3.8) is 0 Å². The quantitative estimate of drug-likeness (QED) is 0.833. The van der Waals surface area contributed by atoms with Crippen LogP contribution in [0.1, 0.15) is 10.7 Å². The Morgan fingerprint density at radius 1 is 1.56 bits per heavy atom. The second kappa shape index (κ2) is 5.19. The molecule has 0 bridgehead atoms. The highest BCUT2D eigenvalue weighted by Crippen LogP contribution is 2.18. The van der Waals surface area contributed by atoms with Gasteiger partial charge in [-0.25, -0.2) is 18.1 Å². The summed E-state index contributed by atoms with van der Waals surface area (Å²) in [7, 11) is -1.68. The summed E-state index contributed by atoms with van der Waals surface area (Å²) in [6, 6.07) is 1.59. The lowest BCUT2D eigenvalue weighted by Gasteiger charge is -2.04. The van der Waals surface area contributed by atoms with E-state index in [-0.39, 0.29) is 11.4 Å². The molecule has 3 N–H and O–H groups in total. The first-order chi connectivity index (χ1) is 8.53. The van der Waals surface area contributed by atoms with Crippen LogP contribution in [0.15, 0.2) is 28.7 Å². The molecule has 2 rings (SSSR count). The van der Waals surface area contributed by atoms with Gasteiger partial charge in [-0.1, -0.05) is 0 Å². The van der Waals surface area contributed by atoms with E-state index in [1.54, 1.807) is 28.4 Å². The summed E-state index contributed by atoms with van der Waals surface area (Å²) >= 11 is 1.34. The molecule has 98 valence electrons. The van der Waals surface area contributed by atoms with Crippen molar-refractivity contribution >= 4 is 21.4 Å². The zero-order valence-electron chi connectivity index (χ0n) is 9.83. The van der Waals surface area contributed by atoms with Crippen LogP contribution in [-0.4, -0.2) is 18.0 Å². The van der Waals surface area contributed by atoms with Gasteiger partial charge in [-0.3, -0.25) is 0 Å². The number of sulfonamides is 1. The van der Waals surface area contributed by atoms with E-state index in [1.165, 1.54) is 11.3 Å². The Morgan fingerprint density at radius 3 is 2.89 bits per heavy atom. The Hall–Kier alpha value is -1.22. The number of imidazole rings is 1. The fraction of sp³-hybridized carbons (Fsp3) is 0.300. The van der Waals surface area contributed by atoms with E-state index in [0.717, 1.165) is 4.88 Å². The summed E-state index contributed by atoms with van der Waals surface area (Å²) in [4.78, 5) is 5.14. The standard InChI is InChI=1S/C10H14N4O2S2/c1-14-3-2-12-10(14)6-13-18(15,16)9-4-8(5-11)17-7-9/h2-4,7,13H,5-6,11H2,1H3. The topological polar surface area (TPSA) is 90.0 Å². The van der Waals surface area contributed by atoms with Crippen LogP contribution >= 0.6 is 11.3 Å². The summed E-state index contributed by atoms with van der Waals surface area (Å²) in [6.07, 6.45) is 3.39. The first-order valence-corrected chi connectivity index (χ1v) is 7.62. The van der Waals surface area contributed by atoms with Gasteiger partial charge in [-0.05, 0) is 6.07 Å². The van der Waals surface area contributed by atoms with Crippen LogP contribution in [0.25, 0.3) is 0 Å². The molecule has 0 saturated carbocycles. The smallest absolute Gasteiger partial charge is 0.241 e.